The first-order valence-electron chi connectivity index (χ1n) is 6.35. The van der Waals surface area contributed by atoms with Crippen molar-refractivity contribution in [3.05, 3.63) is 35.9 Å². The maximum atomic E-state index is 12.0. The van der Waals surface area contributed by atoms with Crippen LogP contribution in [0.15, 0.2) is 30.3 Å². The van der Waals surface area contributed by atoms with E-state index in [0.717, 1.165) is 10.5 Å². The molecule has 0 aliphatic carbocycles. The Labute approximate surface area is 121 Å². The van der Waals surface area contributed by atoms with Gasteiger partial charge in [0.2, 0.25) is 5.91 Å². The lowest BCUT2D eigenvalue weighted by molar-refractivity contribution is -0.133. The second-order valence-corrected chi connectivity index (χ2v) is 4.46. The topological polar surface area (TPSA) is 99.5 Å². The molecule has 0 bridgehead atoms. The van der Waals surface area contributed by atoms with Gasteiger partial charge in [-0.25, -0.2) is 9.69 Å². The first-order chi connectivity index (χ1) is 10.1. The van der Waals surface area contributed by atoms with E-state index < -0.39 is 23.9 Å². The van der Waals surface area contributed by atoms with Gasteiger partial charge in [-0.1, -0.05) is 30.3 Å². The van der Waals surface area contributed by atoms with E-state index in [1.54, 1.807) is 24.3 Å². The van der Waals surface area contributed by atoms with Gasteiger partial charge < -0.3 is 4.74 Å². The lowest BCUT2D eigenvalue weighted by atomic mass is 10.2. The van der Waals surface area contributed by atoms with Crippen LogP contribution >= 0.6 is 0 Å². The third kappa shape index (κ3) is 3.36. The predicted molar refractivity (Wildman–Crippen MR) is 70.3 cm³/mol. The maximum absolute atomic E-state index is 12.0. The number of nitrogens with zero attached hydrogens (tertiary/aromatic N) is 2. The van der Waals surface area contributed by atoms with Gasteiger partial charge in [-0.2, -0.15) is 5.26 Å². The number of carbonyl (C=O) groups is 3. The number of nitriles is 1. The highest BCUT2D eigenvalue weighted by atomic mass is 16.6. The van der Waals surface area contributed by atoms with E-state index in [9.17, 15) is 14.4 Å². The van der Waals surface area contributed by atoms with E-state index in [4.69, 9.17) is 10.00 Å². The molecule has 2 rings (SSSR count). The fourth-order valence-electron chi connectivity index (χ4n) is 2.09. The summed E-state index contributed by atoms with van der Waals surface area (Å²) in [7, 11) is 0. The van der Waals surface area contributed by atoms with Crippen molar-refractivity contribution in [1.82, 2.24) is 10.2 Å². The monoisotopic (exact) mass is 287 g/mol. The van der Waals surface area contributed by atoms with E-state index in [-0.39, 0.29) is 19.4 Å². The van der Waals surface area contributed by atoms with Gasteiger partial charge >= 0.3 is 6.09 Å². The van der Waals surface area contributed by atoms with E-state index in [0.29, 0.717) is 0 Å². The zero-order valence-electron chi connectivity index (χ0n) is 11.1. The van der Waals surface area contributed by atoms with Crippen LogP contribution in [-0.4, -0.2) is 28.8 Å². The van der Waals surface area contributed by atoms with Crippen LogP contribution in [0.5, 0.6) is 0 Å². The molecule has 21 heavy (non-hydrogen) atoms. The van der Waals surface area contributed by atoms with Crippen molar-refractivity contribution in [2.45, 2.75) is 25.5 Å². The molecule has 1 aromatic rings. The summed E-state index contributed by atoms with van der Waals surface area (Å²) in [6, 6.07) is 8.00. The molecule has 0 spiro atoms. The lowest BCUT2D eigenvalue weighted by Crippen LogP contribution is -2.46. The van der Waals surface area contributed by atoms with Crippen LogP contribution in [0.1, 0.15) is 18.4 Å². The number of nitrogens with one attached hydrogen (secondary N) is 1. The maximum Gasteiger partial charge on any atom is 0.417 e. The van der Waals surface area contributed by atoms with E-state index in [2.05, 4.69) is 0 Å². The molecule has 1 atom stereocenters. The Hall–Kier alpha value is -2.88. The Kier molecular flexibility index (Phi) is 4.51. The minimum absolute atomic E-state index is 0.00996. The fraction of sp³-hybridized carbons (Fsp3) is 0.286. The number of amides is 3. The van der Waals surface area contributed by atoms with Gasteiger partial charge in [-0.05, 0) is 12.0 Å². The average molecular weight is 287 g/mol. The molecule has 1 saturated heterocycles. The minimum Gasteiger partial charge on any atom is -0.444 e. The van der Waals surface area contributed by atoms with Gasteiger partial charge in [-0.3, -0.25) is 14.9 Å². The van der Waals surface area contributed by atoms with Gasteiger partial charge in [0.25, 0.3) is 5.91 Å². The minimum atomic E-state index is -0.986. The van der Waals surface area contributed by atoms with Crippen molar-refractivity contribution in [3.63, 3.8) is 0 Å². The molecule has 1 fully saturated rings. The number of benzene rings is 1. The first kappa shape index (κ1) is 14.5. The molecule has 1 heterocycles. The van der Waals surface area contributed by atoms with Crippen molar-refractivity contribution < 1.29 is 19.1 Å². The summed E-state index contributed by atoms with van der Waals surface area (Å²) in [5, 5.41) is 10.4. The van der Waals surface area contributed by atoms with Crippen LogP contribution in [0.2, 0.25) is 0 Å². The van der Waals surface area contributed by atoms with Crippen molar-refractivity contribution in [2.24, 2.45) is 0 Å². The quantitative estimate of drug-likeness (QED) is 0.658. The standard InChI is InChI=1S/C14H13N3O4/c15-9-16-13(19)11-6-7-12(18)17(11)14(20)21-8-10-4-2-1-3-5-10/h1-5,11H,6-8H2,(H,16,19)/t11-/m0/s1. The third-order valence-corrected chi connectivity index (χ3v) is 3.10. The smallest absolute Gasteiger partial charge is 0.417 e. The summed E-state index contributed by atoms with van der Waals surface area (Å²) >= 11 is 0. The molecule has 0 aromatic heterocycles. The van der Waals surface area contributed by atoms with Crippen LogP contribution in [-0.2, 0) is 20.9 Å². The number of hydrogen-bond donors (Lipinski definition) is 1. The summed E-state index contributed by atoms with van der Waals surface area (Å²) < 4.78 is 5.04. The van der Waals surface area contributed by atoms with Gasteiger partial charge in [0.1, 0.15) is 12.6 Å². The molecule has 0 radical (unpaired) electrons. The molecule has 3 amide bonds. The summed E-state index contributed by atoms with van der Waals surface area (Å²) in [6.45, 7) is 0.00996. The molecule has 7 heteroatoms. The van der Waals surface area contributed by atoms with Gasteiger partial charge in [0.15, 0.2) is 6.19 Å². The third-order valence-electron chi connectivity index (χ3n) is 3.10. The molecule has 108 valence electrons. The number of rotatable bonds is 3. The molecule has 1 aliphatic heterocycles. The number of ether oxygens (including phenoxy) is 1. The Morgan fingerprint density at radius 3 is 2.76 bits per heavy atom. The fourth-order valence-corrected chi connectivity index (χ4v) is 2.09. The Morgan fingerprint density at radius 1 is 1.38 bits per heavy atom. The zero-order valence-corrected chi connectivity index (χ0v) is 11.1. The second kappa shape index (κ2) is 6.52. The van der Waals surface area contributed by atoms with Crippen molar-refractivity contribution in [2.75, 3.05) is 0 Å². The van der Waals surface area contributed by atoms with Gasteiger partial charge in [-0.15, -0.1) is 0 Å². The SMILES string of the molecule is N#CNC(=O)[C@@H]1CCC(=O)N1C(=O)OCc1ccccc1. The summed E-state index contributed by atoms with van der Waals surface area (Å²) in [5.74, 6) is -1.16. The molecule has 0 unspecified atom stereocenters. The van der Waals surface area contributed by atoms with Crippen LogP contribution in [0.3, 0.4) is 0 Å². The Morgan fingerprint density at radius 2 is 2.10 bits per heavy atom. The Balaban J connectivity index is 2.00. The normalized spacial score (nSPS) is 17.2. The zero-order chi connectivity index (χ0) is 15.2. The van der Waals surface area contributed by atoms with Crippen LogP contribution < -0.4 is 5.32 Å². The van der Waals surface area contributed by atoms with Crippen LogP contribution in [0, 0.1) is 11.5 Å². The molecule has 1 aliphatic rings. The van der Waals surface area contributed by atoms with Gasteiger partial charge in [0, 0.05) is 6.42 Å². The lowest BCUT2D eigenvalue weighted by Gasteiger charge is -2.20. The highest BCUT2D eigenvalue weighted by Crippen LogP contribution is 2.20. The molecule has 0 saturated carbocycles. The van der Waals surface area contributed by atoms with E-state index >= 15 is 0 Å². The highest BCUT2D eigenvalue weighted by molar-refractivity contribution is 6.00. The van der Waals surface area contributed by atoms with Crippen LogP contribution in [0.4, 0.5) is 4.79 Å². The van der Waals surface area contributed by atoms with Crippen molar-refractivity contribution in [3.8, 4) is 6.19 Å². The number of imide groups is 1. The Bertz CT molecular complexity index is 594. The van der Waals surface area contributed by atoms with Gasteiger partial charge in [0.05, 0.1) is 0 Å². The molecule has 1 aromatic carbocycles. The number of likely N-dealkylation sites (tertiary alicyclic amines) is 1. The summed E-state index contributed by atoms with van der Waals surface area (Å²) in [6.07, 6.45) is 0.872. The summed E-state index contributed by atoms with van der Waals surface area (Å²) in [4.78, 5) is 36.1. The molecule has 1 N–H and O–H groups in total. The highest BCUT2D eigenvalue weighted by Gasteiger charge is 2.41. The number of carbonyl (C=O) groups excluding carboxylic acids is 3. The van der Waals surface area contributed by atoms with E-state index in [1.807, 2.05) is 11.4 Å². The molecular formula is C14H13N3O4. The number of hydrogen-bond acceptors (Lipinski definition) is 5. The summed E-state index contributed by atoms with van der Waals surface area (Å²) in [5.41, 5.74) is 0.774. The molecular weight excluding hydrogens is 274 g/mol. The average Bonchev–Trinajstić information content (AvgIpc) is 2.88. The first-order valence-corrected chi connectivity index (χ1v) is 6.35. The van der Waals surface area contributed by atoms with Crippen molar-refractivity contribution in [1.29, 1.82) is 5.26 Å². The van der Waals surface area contributed by atoms with E-state index in [1.165, 1.54) is 6.19 Å². The second-order valence-electron chi connectivity index (χ2n) is 4.46. The van der Waals surface area contributed by atoms with Crippen molar-refractivity contribution >= 4 is 17.9 Å². The van der Waals surface area contributed by atoms with Crippen LogP contribution in [0.25, 0.3) is 0 Å². The largest absolute Gasteiger partial charge is 0.444 e. The predicted octanol–water partition coefficient (Wildman–Crippen LogP) is 0.911. The molecule has 7 nitrogen and oxygen atoms in total.